The van der Waals surface area contributed by atoms with Crippen LogP contribution in [0.15, 0.2) is 46.4 Å². The molecule has 2 heteroatoms. The van der Waals surface area contributed by atoms with E-state index in [1.807, 2.05) is 12.4 Å². The van der Waals surface area contributed by atoms with E-state index in [0.29, 0.717) is 13.1 Å². The number of fused-ring (bicyclic) bond motifs is 3. The third-order valence-corrected chi connectivity index (χ3v) is 5.03. The van der Waals surface area contributed by atoms with E-state index in [1.54, 1.807) is 0 Å². The van der Waals surface area contributed by atoms with Gasteiger partial charge in [-0.25, -0.2) is 0 Å². The fourth-order valence-electron chi connectivity index (χ4n) is 3.30. The standard InChI is InChI=1S/C24H30N2/c1-23(2,3)19-7-9-21-17(13-19)15-25-11-12-26-16-18-14-20(24(4,5)6)8-10-22(18)21/h7-14H,15-16H2,1-6H3/b25-11-,26-12-. The van der Waals surface area contributed by atoms with Crippen LogP contribution in [0.5, 0.6) is 0 Å². The number of hydrogen-bond acceptors (Lipinski definition) is 2. The minimum absolute atomic E-state index is 0.133. The van der Waals surface area contributed by atoms with Gasteiger partial charge >= 0.3 is 0 Å². The Labute approximate surface area is 158 Å². The first-order valence-electron chi connectivity index (χ1n) is 9.42. The van der Waals surface area contributed by atoms with Crippen LogP contribution in [-0.4, -0.2) is 12.4 Å². The zero-order valence-corrected chi connectivity index (χ0v) is 16.9. The maximum absolute atomic E-state index is 4.55. The molecule has 0 unspecified atom stereocenters. The molecule has 0 fully saturated rings. The Balaban J connectivity index is 2.20. The molecule has 0 bridgehead atoms. The highest BCUT2D eigenvalue weighted by molar-refractivity contribution is 6.16. The zero-order valence-electron chi connectivity index (χ0n) is 16.9. The van der Waals surface area contributed by atoms with E-state index in [9.17, 15) is 0 Å². The molecule has 2 aromatic carbocycles. The quantitative estimate of drug-likeness (QED) is 0.550. The third-order valence-electron chi connectivity index (χ3n) is 5.03. The van der Waals surface area contributed by atoms with E-state index in [4.69, 9.17) is 0 Å². The number of hydrogen-bond donors (Lipinski definition) is 0. The van der Waals surface area contributed by atoms with E-state index >= 15 is 0 Å². The first-order valence-corrected chi connectivity index (χ1v) is 9.42. The van der Waals surface area contributed by atoms with Gasteiger partial charge in [0.2, 0.25) is 0 Å². The molecule has 2 aromatic rings. The summed E-state index contributed by atoms with van der Waals surface area (Å²) in [4.78, 5) is 9.10. The summed E-state index contributed by atoms with van der Waals surface area (Å²) in [5.41, 5.74) is 8.10. The lowest BCUT2D eigenvalue weighted by molar-refractivity contribution is 0.588. The fourth-order valence-corrected chi connectivity index (χ4v) is 3.30. The number of aliphatic imine (C=N–C) groups is 2. The molecule has 1 aliphatic rings. The maximum atomic E-state index is 4.55. The Morgan fingerprint density at radius 3 is 1.35 bits per heavy atom. The van der Waals surface area contributed by atoms with Gasteiger partial charge in [0.15, 0.2) is 0 Å². The van der Waals surface area contributed by atoms with E-state index in [-0.39, 0.29) is 10.8 Å². The second-order valence-corrected chi connectivity index (χ2v) is 9.22. The van der Waals surface area contributed by atoms with Crippen molar-refractivity contribution in [1.82, 2.24) is 0 Å². The highest BCUT2D eigenvalue weighted by Gasteiger charge is 2.19. The van der Waals surface area contributed by atoms with Crippen LogP contribution in [0.3, 0.4) is 0 Å². The Bertz CT molecular complexity index is 785. The molecule has 0 aliphatic carbocycles. The lowest BCUT2D eigenvalue weighted by Gasteiger charge is -2.24. The summed E-state index contributed by atoms with van der Waals surface area (Å²) in [6.45, 7) is 14.9. The van der Waals surface area contributed by atoms with Gasteiger partial charge < -0.3 is 0 Å². The predicted molar refractivity (Wildman–Crippen MR) is 114 cm³/mol. The van der Waals surface area contributed by atoms with Crippen molar-refractivity contribution in [2.75, 3.05) is 0 Å². The Morgan fingerprint density at radius 2 is 1.00 bits per heavy atom. The van der Waals surface area contributed by atoms with E-state index < -0.39 is 0 Å². The molecule has 0 saturated carbocycles. The smallest absolute Gasteiger partial charge is 0.0646 e. The molecular weight excluding hydrogens is 316 g/mol. The van der Waals surface area contributed by atoms with Gasteiger partial charge in [0.1, 0.15) is 0 Å². The van der Waals surface area contributed by atoms with Gasteiger partial charge in [0.05, 0.1) is 13.1 Å². The summed E-state index contributed by atoms with van der Waals surface area (Å²) in [5, 5.41) is 0. The second kappa shape index (κ2) is 6.83. The van der Waals surface area contributed by atoms with Gasteiger partial charge in [-0.05, 0) is 44.2 Å². The van der Waals surface area contributed by atoms with Crippen LogP contribution in [0.4, 0.5) is 0 Å². The molecule has 0 N–H and O–H groups in total. The molecule has 0 amide bonds. The average molecular weight is 347 g/mol. The van der Waals surface area contributed by atoms with Gasteiger partial charge in [0.25, 0.3) is 0 Å². The van der Waals surface area contributed by atoms with Crippen molar-refractivity contribution >= 4 is 12.4 Å². The van der Waals surface area contributed by atoms with Gasteiger partial charge in [-0.3, -0.25) is 9.98 Å². The van der Waals surface area contributed by atoms with Crippen LogP contribution in [0.1, 0.15) is 63.8 Å². The van der Waals surface area contributed by atoms with Gasteiger partial charge in [-0.15, -0.1) is 0 Å². The van der Waals surface area contributed by atoms with Gasteiger partial charge in [-0.1, -0.05) is 77.9 Å². The summed E-state index contributed by atoms with van der Waals surface area (Å²) in [6, 6.07) is 13.7. The molecule has 0 saturated heterocycles. The molecule has 0 atom stereocenters. The number of benzene rings is 2. The lowest BCUT2D eigenvalue weighted by Crippen LogP contribution is -2.13. The van der Waals surface area contributed by atoms with Crippen molar-refractivity contribution in [3.63, 3.8) is 0 Å². The van der Waals surface area contributed by atoms with Crippen LogP contribution in [0.2, 0.25) is 0 Å². The Hall–Kier alpha value is -2.22. The summed E-state index contributed by atoms with van der Waals surface area (Å²) in [7, 11) is 0. The SMILES string of the molecule is CC(C)(C)c1ccc2c(c1)C/N=C\C=N/Cc1cc(C(C)(C)C)ccc1-2. The summed E-state index contributed by atoms with van der Waals surface area (Å²) in [6.07, 6.45) is 3.65. The summed E-state index contributed by atoms with van der Waals surface area (Å²) >= 11 is 0. The highest BCUT2D eigenvalue weighted by atomic mass is 14.8. The fraction of sp³-hybridized carbons (Fsp3) is 0.417. The predicted octanol–water partition coefficient (Wildman–Crippen LogP) is 6.10. The minimum Gasteiger partial charge on any atom is -0.287 e. The molecule has 26 heavy (non-hydrogen) atoms. The first kappa shape index (κ1) is 18.6. The molecule has 0 radical (unpaired) electrons. The second-order valence-electron chi connectivity index (χ2n) is 9.22. The topological polar surface area (TPSA) is 24.7 Å². The molecule has 2 nitrogen and oxygen atoms in total. The lowest BCUT2D eigenvalue weighted by atomic mass is 9.82. The Kier molecular flexibility index (Phi) is 4.88. The van der Waals surface area contributed by atoms with Crippen LogP contribution in [-0.2, 0) is 23.9 Å². The van der Waals surface area contributed by atoms with Crippen LogP contribution >= 0.6 is 0 Å². The first-order chi connectivity index (χ1) is 12.2. The molecule has 1 heterocycles. The van der Waals surface area contributed by atoms with Crippen molar-refractivity contribution in [1.29, 1.82) is 0 Å². The van der Waals surface area contributed by atoms with Gasteiger partial charge in [0, 0.05) is 12.4 Å². The maximum Gasteiger partial charge on any atom is 0.0646 e. The summed E-state index contributed by atoms with van der Waals surface area (Å²) in [5.74, 6) is 0. The zero-order chi connectivity index (χ0) is 18.9. The molecule has 136 valence electrons. The molecule has 1 aliphatic heterocycles. The van der Waals surface area contributed by atoms with E-state index in [2.05, 4.69) is 87.9 Å². The van der Waals surface area contributed by atoms with Crippen molar-refractivity contribution in [2.24, 2.45) is 9.98 Å². The van der Waals surface area contributed by atoms with Gasteiger partial charge in [-0.2, -0.15) is 0 Å². The Morgan fingerprint density at radius 1 is 0.615 bits per heavy atom. The van der Waals surface area contributed by atoms with E-state index in [1.165, 1.54) is 33.4 Å². The monoisotopic (exact) mass is 346 g/mol. The molecule has 0 spiro atoms. The number of rotatable bonds is 0. The highest BCUT2D eigenvalue weighted by Crippen LogP contribution is 2.35. The molecule has 0 aromatic heterocycles. The van der Waals surface area contributed by atoms with Crippen molar-refractivity contribution in [2.45, 2.75) is 65.5 Å². The van der Waals surface area contributed by atoms with Crippen LogP contribution in [0.25, 0.3) is 11.1 Å². The normalized spacial score (nSPS) is 17.2. The van der Waals surface area contributed by atoms with Crippen LogP contribution < -0.4 is 0 Å². The molecule has 3 rings (SSSR count). The van der Waals surface area contributed by atoms with Crippen molar-refractivity contribution < 1.29 is 0 Å². The minimum atomic E-state index is 0.133. The average Bonchev–Trinajstić information content (AvgIpc) is 2.56. The molecular formula is C24H30N2. The number of nitrogens with zero attached hydrogens (tertiary/aromatic N) is 2. The van der Waals surface area contributed by atoms with Crippen molar-refractivity contribution in [3.05, 3.63) is 58.7 Å². The van der Waals surface area contributed by atoms with E-state index in [0.717, 1.165) is 0 Å². The van der Waals surface area contributed by atoms with Crippen LogP contribution in [0, 0.1) is 0 Å². The summed E-state index contributed by atoms with van der Waals surface area (Å²) < 4.78 is 0. The largest absolute Gasteiger partial charge is 0.287 e. The third kappa shape index (κ3) is 3.95. The van der Waals surface area contributed by atoms with Crippen molar-refractivity contribution in [3.8, 4) is 11.1 Å².